The van der Waals surface area contributed by atoms with E-state index >= 15 is 0 Å². The van der Waals surface area contributed by atoms with Crippen molar-refractivity contribution in [3.05, 3.63) is 108 Å². The molecule has 0 fully saturated rings. The molecule has 0 aliphatic heterocycles. The predicted molar refractivity (Wildman–Crippen MR) is 164 cm³/mol. The Hall–Kier alpha value is -4.46. The number of methoxy groups -OCH3 is 1. The summed E-state index contributed by atoms with van der Waals surface area (Å²) in [5, 5.41) is 13.8. The molecule has 0 saturated carbocycles. The lowest BCUT2D eigenvalue weighted by molar-refractivity contribution is 0.0604. The molecule has 0 saturated heterocycles. The second kappa shape index (κ2) is 10.8. The molecule has 0 spiro atoms. The van der Waals surface area contributed by atoms with Crippen molar-refractivity contribution in [1.29, 1.82) is 0 Å². The number of benzene rings is 3. The van der Waals surface area contributed by atoms with E-state index in [0.29, 0.717) is 25.1 Å². The molecule has 0 bridgehead atoms. The molecule has 1 atom stereocenters. The third-order valence-electron chi connectivity index (χ3n) is 7.74. The van der Waals surface area contributed by atoms with Gasteiger partial charge >= 0.3 is 5.97 Å². The Balaban J connectivity index is 1.55. The van der Waals surface area contributed by atoms with Crippen LogP contribution >= 0.6 is 0 Å². The van der Waals surface area contributed by atoms with E-state index in [1.165, 1.54) is 18.1 Å². The maximum absolute atomic E-state index is 13.2. The molecule has 7 nitrogen and oxygen atoms in total. The highest BCUT2D eigenvalue weighted by atomic mass is 16.5. The molecule has 41 heavy (non-hydrogen) atoms. The van der Waals surface area contributed by atoms with Gasteiger partial charge in [-0.15, -0.1) is 0 Å². The summed E-state index contributed by atoms with van der Waals surface area (Å²) in [6, 6.07) is 24.1. The van der Waals surface area contributed by atoms with E-state index in [9.17, 15) is 9.90 Å². The highest BCUT2D eigenvalue weighted by Gasteiger charge is 2.24. The quantitative estimate of drug-likeness (QED) is 0.247. The van der Waals surface area contributed by atoms with E-state index in [0.717, 1.165) is 44.5 Å². The van der Waals surface area contributed by atoms with Gasteiger partial charge in [0.25, 0.3) is 0 Å². The molecule has 3 aromatic heterocycles. The monoisotopic (exact) mass is 546 g/mol. The fourth-order valence-electron chi connectivity index (χ4n) is 6.03. The van der Waals surface area contributed by atoms with Crippen molar-refractivity contribution in [2.75, 3.05) is 27.7 Å². The summed E-state index contributed by atoms with van der Waals surface area (Å²) in [4.78, 5) is 20.3. The molecule has 3 heterocycles. The maximum atomic E-state index is 13.2. The van der Waals surface area contributed by atoms with Gasteiger partial charge < -0.3 is 23.7 Å². The number of likely N-dealkylation sites (N-methyl/N-ethyl adjacent to an activating group) is 1. The Labute approximate surface area is 239 Å². The van der Waals surface area contributed by atoms with Crippen molar-refractivity contribution in [3.63, 3.8) is 0 Å². The van der Waals surface area contributed by atoms with Gasteiger partial charge in [-0.2, -0.15) is 0 Å². The van der Waals surface area contributed by atoms with E-state index in [1.54, 1.807) is 0 Å². The summed E-state index contributed by atoms with van der Waals surface area (Å²) in [7, 11) is 5.35. The van der Waals surface area contributed by atoms with Crippen LogP contribution in [0.2, 0.25) is 0 Å². The third-order valence-corrected chi connectivity index (χ3v) is 7.74. The first-order chi connectivity index (χ1) is 19.9. The number of aliphatic hydroxyl groups is 1. The smallest absolute Gasteiger partial charge is 0.339 e. The third kappa shape index (κ3) is 4.88. The molecule has 1 unspecified atom stereocenters. The number of hydrogen-bond donors (Lipinski definition) is 1. The molecular formula is C34H34N4O3. The maximum Gasteiger partial charge on any atom is 0.339 e. The van der Waals surface area contributed by atoms with E-state index in [4.69, 9.17) is 9.72 Å². The summed E-state index contributed by atoms with van der Waals surface area (Å²) in [6.45, 7) is 3.20. The summed E-state index contributed by atoms with van der Waals surface area (Å²) >= 11 is 0. The van der Waals surface area contributed by atoms with Crippen LogP contribution in [0, 0.1) is 6.92 Å². The lowest BCUT2D eigenvalue weighted by atomic mass is 9.94. The van der Waals surface area contributed by atoms with Gasteiger partial charge in [-0.3, -0.25) is 0 Å². The van der Waals surface area contributed by atoms with Crippen molar-refractivity contribution in [2.45, 2.75) is 26.0 Å². The van der Waals surface area contributed by atoms with Crippen LogP contribution in [0.4, 0.5) is 0 Å². The minimum Gasteiger partial charge on any atom is -0.465 e. The number of hydrogen-bond acceptors (Lipinski definition) is 5. The van der Waals surface area contributed by atoms with Crippen LogP contribution < -0.4 is 0 Å². The molecule has 6 rings (SSSR count). The van der Waals surface area contributed by atoms with Gasteiger partial charge in [0.1, 0.15) is 5.65 Å². The van der Waals surface area contributed by atoms with Crippen LogP contribution in [0.25, 0.3) is 38.6 Å². The zero-order valence-corrected chi connectivity index (χ0v) is 23.8. The van der Waals surface area contributed by atoms with Crippen LogP contribution in [0.5, 0.6) is 0 Å². The van der Waals surface area contributed by atoms with Crippen LogP contribution in [-0.4, -0.2) is 63.8 Å². The molecule has 1 N–H and O–H groups in total. The predicted octanol–water partition coefficient (Wildman–Crippen LogP) is 5.72. The molecule has 208 valence electrons. The van der Waals surface area contributed by atoms with Gasteiger partial charge in [-0.05, 0) is 61.1 Å². The summed E-state index contributed by atoms with van der Waals surface area (Å²) < 4.78 is 9.54. The van der Waals surface area contributed by atoms with Gasteiger partial charge in [-0.1, -0.05) is 54.6 Å². The molecule has 7 heteroatoms. The van der Waals surface area contributed by atoms with Crippen molar-refractivity contribution in [1.82, 2.24) is 18.9 Å². The van der Waals surface area contributed by atoms with Crippen molar-refractivity contribution in [2.24, 2.45) is 0 Å². The van der Waals surface area contributed by atoms with Crippen LogP contribution in [0.15, 0.2) is 85.2 Å². The first-order valence-electron chi connectivity index (χ1n) is 13.8. The number of aromatic nitrogens is 3. The number of imidazole rings is 1. The van der Waals surface area contributed by atoms with Crippen LogP contribution in [-0.2, 0) is 17.7 Å². The Kier molecular flexibility index (Phi) is 7.07. The van der Waals surface area contributed by atoms with Crippen molar-refractivity contribution < 1.29 is 14.6 Å². The van der Waals surface area contributed by atoms with E-state index in [1.807, 2.05) is 79.8 Å². The topological polar surface area (TPSA) is 72.0 Å². The largest absolute Gasteiger partial charge is 0.465 e. The standard InChI is InChI=1S/C34H34N4O3/c1-22-10-9-13-28-31(22)24(19-37(28)21-25(39)20-36(2)3)18-29-33(35-30-14-7-8-17-38(29)30)27-16-15-23-11-5-6-12-26(23)32(27)34(40)41-4/h5-17,19,25,39H,18,20-21H2,1-4H3. The van der Waals surface area contributed by atoms with E-state index in [2.05, 4.69) is 40.3 Å². The summed E-state index contributed by atoms with van der Waals surface area (Å²) in [5.41, 5.74) is 7.22. The molecule has 3 aromatic carbocycles. The van der Waals surface area contributed by atoms with E-state index in [-0.39, 0.29) is 5.97 Å². The van der Waals surface area contributed by atoms with Crippen molar-refractivity contribution in [3.8, 4) is 11.3 Å². The van der Waals surface area contributed by atoms with Crippen molar-refractivity contribution >= 4 is 33.3 Å². The Morgan fingerprint density at radius 1 is 1.02 bits per heavy atom. The van der Waals surface area contributed by atoms with Gasteiger partial charge in [0.15, 0.2) is 0 Å². The number of ether oxygens (including phenoxy) is 1. The van der Waals surface area contributed by atoms with Gasteiger partial charge in [0, 0.05) is 48.4 Å². The number of aryl methyl sites for hydroxylation is 1. The minimum absolute atomic E-state index is 0.387. The first-order valence-corrected chi connectivity index (χ1v) is 13.8. The number of esters is 1. The van der Waals surface area contributed by atoms with Gasteiger partial charge in [-0.25, -0.2) is 9.78 Å². The molecular weight excluding hydrogens is 512 g/mol. The number of carbonyl (C=O) groups excluding carboxylic acids is 1. The molecule has 0 amide bonds. The number of pyridine rings is 1. The fraction of sp³-hybridized carbons (Fsp3) is 0.235. The Morgan fingerprint density at radius 2 is 1.83 bits per heavy atom. The Morgan fingerprint density at radius 3 is 2.63 bits per heavy atom. The first kappa shape index (κ1) is 26.7. The lowest BCUT2D eigenvalue weighted by Gasteiger charge is -2.17. The number of rotatable bonds is 8. The minimum atomic E-state index is -0.500. The second-order valence-corrected chi connectivity index (χ2v) is 10.9. The molecule has 6 aromatic rings. The highest BCUT2D eigenvalue weighted by Crippen LogP contribution is 2.36. The number of nitrogens with zero attached hydrogens (tertiary/aromatic N) is 4. The summed E-state index contributed by atoms with van der Waals surface area (Å²) in [6.07, 6.45) is 4.27. The molecule has 0 aliphatic carbocycles. The van der Waals surface area contributed by atoms with Gasteiger partial charge in [0.2, 0.25) is 0 Å². The highest BCUT2D eigenvalue weighted by molar-refractivity contribution is 6.10. The number of aliphatic hydroxyl groups excluding tert-OH is 1. The average Bonchev–Trinajstić information content (AvgIpc) is 3.50. The zero-order chi connectivity index (χ0) is 28.7. The van der Waals surface area contributed by atoms with Gasteiger partial charge in [0.05, 0.1) is 30.2 Å². The van der Waals surface area contributed by atoms with Crippen LogP contribution in [0.1, 0.15) is 27.2 Å². The average molecular weight is 547 g/mol. The molecule has 0 radical (unpaired) electrons. The lowest BCUT2D eigenvalue weighted by Crippen LogP contribution is -2.29. The second-order valence-electron chi connectivity index (χ2n) is 10.9. The number of fused-ring (bicyclic) bond motifs is 3. The Bertz CT molecular complexity index is 1900. The summed E-state index contributed by atoms with van der Waals surface area (Å²) in [5.74, 6) is -0.387. The number of carbonyl (C=O) groups is 1. The SMILES string of the molecule is COC(=O)c1c(-c2nc3ccccn3c2Cc2cn(CC(O)CN(C)C)c3cccc(C)c23)ccc2ccccc12. The molecule has 0 aliphatic rings. The zero-order valence-electron chi connectivity index (χ0n) is 23.8. The van der Waals surface area contributed by atoms with E-state index < -0.39 is 6.10 Å². The van der Waals surface area contributed by atoms with Crippen LogP contribution in [0.3, 0.4) is 0 Å². The fourth-order valence-corrected chi connectivity index (χ4v) is 6.03. The normalized spacial score (nSPS) is 12.5.